The van der Waals surface area contributed by atoms with Crippen molar-refractivity contribution in [3.05, 3.63) is 0 Å². The first-order valence-electron chi connectivity index (χ1n) is 10.8. The van der Waals surface area contributed by atoms with Crippen LogP contribution in [0.2, 0.25) is 0 Å². The maximum absolute atomic E-state index is 11.6. The lowest BCUT2D eigenvalue weighted by Gasteiger charge is -2.27. The zero-order valence-corrected chi connectivity index (χ0v) is 28.2. The number of esters is 2. The maximum Gasteiger partial charge on any atom is 0.394 e. The van der Waals surface area contributed by atoms with E-state index in [0.29, 0.717) is 13.0 Å². The van der Waals surface area contributed by atoms with Crippen molar-refractivity contribution in [2.24, 2.45) is 16.2 Å². The van der Waals surface area contributed by atoms with Gasteiger partial charge in [-0.2, -0.15) is 8.42 Å². The van der Waals surface area contributed by atoms with E-state index in [1.165, 1.54) is 0 Å². The van der Waals surface area contributed by atoms with Crippen molar-refractivity contribution in [2.45, 2.75) is 87.2 Å². The summed E-state index contributed by atoms with van der Waals surface area (Å²) >= 11 is 6.52. The molecule has 0 spiro atoms. The van der Waals surface area contributed by atoms with Crippen LogP contribution in [-0.4, -0.2) is 63.4 Å². The molecule has 0 unspecified atom stereocenters. The van der Waals surface area contributed by atoms with Gasteiger partial charge in [-0.25, -0.2) is 0 Å². The number of aliphatic carboxylic acids is 1. The summed E-state index contributed by atoms with van der Waals surface area (Å²) in [5.41, 5.74) is -1.57. The van der Waals surface area contributed by atoms with E-state index >= 15 is 0 Å². The lowest BCUT2D eigenvalue weighted by molar-refractivity contribution is -0.165. The first kappa shape index (κ1) is 42.8. The van der Waals surface area contributed by atoms with Crippen LogP contribution in [0.15, 0.2) is 0 Å². The quantitative estimate of drug-likeness (QED) is 0.170. The molecule has 0 amide bonds. The molecule has 10 nitrogen and oxygen atoms in total. The Balaban J connectivity index is -0.000000197. The van der Waals surface area contributed by atoms with Gasteiger partial charge in [0.25, 0.3) is 0 Å². The van der Waals surface area contributed by atoms with Crippen LogP contribution >= 0.6 is 48.8 Å². The highest BCUT2D eigenvalue weighted by molar-refractivity contribution is 9.09. The van der Waals surface area contributed by atoms with Gasteiger partial charge in [-0.05, 0) is 81.6 Å². The molecule has 0 bridgehead atoms. The molecule has 1 aliphatic heterocycles. The third kappa shape index (κ3) is 25.4. The third-order valence-corrected chi connectivity index (χ3v) is 5.28. The first-order chi connectivity index (χ1) is 15.3. The van der Waals surface area contributed by atoms with Crippen LogP contribution in [0.1, 0.15) is 81.6 Å². The molecule has 3 N–H and O–H groups in total. The molecule has 0 radical (unpaired) electrons. The fourth-order valence-corrected chi connectivity index (χ4v) is 3.78. The summed E-state index contributed by atoms with van der Waals surface area (Å²) in [7, 11) is -4.67. The van der Waals surface area contributed by atoms with Crippen molar-refractivity contribution in [2.75, 3.05) is 17.3 Å². The number of carboxylic acids is 1. The Morgan fingerprint density at radius 1 is 0.972 bits per heavy atom. The molecule has 14 heteroatoms. The second-order valence-corrected chi connectivity index (χ2v) is 13.2. The number of halogens is 3. The highest BCUT2D eigenvalue weighted by Gasteiger charge is 2.34. The van der Waals surface area contributed by atoms with Crippen molar-refractivity contribution >= 4 is 77.1 Å². The number of ether oxygens (including phenoxy) is 2. The minimum Gasteiger partial charge on any atom is -0.481 e. The van der Waals surface area contributed by atoms with Gasteiger partial charge in [-0.1, -0.05) is 31.9 Å². The van der Waals surface area contributed by atoms with Crippen LogP contribution in [0.4, 0.5) is 0 Å². The molecule has 1 saturated heterocycles. The van der Waals surface area contributed by atoms with Gasteiger partial charge < -0.3 is 14.6 Å². The van der Waals surface area contributed by atoms with Gasteiger partial charge in [0.05, 0.1) is 22.9 Å². The number of carbonyl (C=O) groups is 3. The summed E-state index contributed by atoms with van der Waals surface area (Å²) < 4.78 is 41.6. The van der Waals surface area contributed by atoms with Crippen molar-refractivity contribution in [3.8, 4) is 0 Å². The Morgan fingerprint density at radius 2 is 1.33 bits per heavy atom. The number of cyclic esters (lactones) is 1. The molecule has 1 heterocycles. The SMILES string of the molecule is Br.CC(C)(C)OC(=O)C(C)(C)CCBr.CC(C)(CCBr)C(=O)O.CC1(C)CCOC1=O.O=S(=O)(O)O. The zero-order chi connectivity index (χ0) is 28.9. The standard InChI is InChI=1S/C10H19BrO2.C6H11BrO2.C6H10O2.BrH.H2O4S/c1-9(2,3)13-8(12)10(4,5)6-7-11;1-6(2,3-4-7)5(8)9;1-6(2)3-4-8-5(6)7;;1-5(2,3)4/h6-7H2,1-5H3;3-4H2,1-2H3,(H,8,9);3-4H2,1-2H3;1H;(H2,1,2,3,4). The molecule has 0 saturated carbocycles. The lowest BCUT2D eigenvalue weighted by atomic mass is 9.90. The average Bonchev–Trinajstić information content (AvgIpc) is 2.89. The minimum absolute atomic E-state index is 0. The molecule has 0 atom stereocenters. The summed E-state index contributed by atoms with van der Waals surface area (Å²) in [6.07, 6.45) is 2.33. The van der Waals surface area contributed by atoms with Crippen LogP contribution in [0.3, 0.4) is 0 Å². The highest BCUT2D eigenvalue weighted by atomic mass is 79.9. The molecule has 0 aromatic rings. The Bertz CT molecular complexity index is 765. The van der Waals surface area contributed by atoms with Gasteiger partial charge in [0, 0.05) is 10.7 Å². The third-order valence-electron chi connectivity index (χ3n) is 4.48. The number of carbonyl (C=O) groups excluding carboxylic acids is 2. The summed E-state index contributed by atoms with van der Waals surface area (Å²) in [4.78, 5) is 32.7. The Kier molecular flexibility index (Phi) is 21.5. The summed E-state index contributed by atoms with van der Waals surface area (Å²) in [6.45, 7) is 17.3. The number of hydrogen-bond donors (Lipinski definition) is 3. The fraction of sp³-hybridized carbons (Fsp3) is 0.864. The monoisotopic (exact) mass is 736 g/mol. The van der Waals surface area contributed by atoms with E-state index in [2.05, 4.69) is 31.9 Å². The van der Waals surface area contributed by atoms with E-state index in [1.807, 2.05) is 48.5 Å². The van der Waals surface area contributed by atoms with E-state index in [4.69, 9.17) is 32.1 Å². The van der Waals surface area contributed by atoms with E-state index in [9.17, 15) is 14.4 Å². The van der Waals surface area contributed by atoms with Gasteiger partial charge in [0.15, 0.2) is 0 Å². The molecule has 1 rings (SSSR count). The van der Waals surface area contributed by atoms with Crippen LogP contribution in [-0.2, 0) is 34.3 Å². The second kappa shape index (κ2) is 18.1. The number of carboxylic acid groups (broad SMARTS) is 1. The normalized spacial score (nSPS) is 14.8. The summed E-state index contributed by atoms with van der Waals surface area (Å²) in [5.74, 6) is -0.918. The fourth-order valence-electron chi connectivity index (χ4n) is 1.79. The zero-order valence-electron chi connectivity index (χ0n) is 22.5. The Morgan fingerprint density at radius 3 is 1.50 bits per heavy atom. The minimum atomic E-state index is -4.67. The molecule has 0 aliphatic carbocycles. The van der Waals surface area contributed by atoms with Gasteiger partial charge in [0.1, 0.15) is 5.60 Å². The van der Waals surface area contributed by atoms with Gasteiger partial charge in [-0.3, -0.25) is 23.5 Å². The topological polar surface area (TPSA) is 164 Å². The Labute approximate surface area is 243 Å². The molecule has 0 aromatic carbocycles. The Hall–Kier alpha value is -0.280. The summed E-state index contributed by atoms with van der Waals surface area (Å²) in [5, 5.41) is 10.1. The van der Waals surface area contributed by atoms with Crippen molar-refractivity contribution in [1.29, 1.82) is 0 Å². The first-order valence-corrected chi connectivity index (χ1v) is 14.4. The van der Waals surface area contributed by atoms with Crippen molar-refractivity contribution in [3.63, 3.8) is 0 Å². The van der Waals surface area contributed by atoms with Crippen LogP contribution < -0.4 is 0 Å². The summed E-state index contributed by atoms with van der Waals surface area (Å²) in [6, 6.07) is 0. The predicted octanol–water partition coefficient (Wildman–Crippen LogP) is 5.91. The molecular formula is C22H43Br3O10S. The van der Waals surface area contributed by atoms with Crippen LogP contribution in [0.25, 0.3) is 0 Å². The second-order valence-electron chi connectivity index (χ2n) is 10.7. The van der Waals surface area contributed by atoms with Crippen molar-refractivity contribution in [1.82, 2.24) is 0 Å². The number of hydrogen-bond acceptors (Lipinski definition) is 7. The maximum atomic E-state index is 11.6. The van der Waals surface area contributed by atoms with Crippen molar-refractivity contribution < 1.29 is 46.5 Å². The smallest absolute Gasteiger partial charge is 0.394 e. The van der Waals surface area contributed by atoms with Crippen LogP contribution in [0.5, 0.6) is 0 Å². The van der Waals surface area contributed by atoms with Gasteiger partial charge in [-0.15, -0.1) is 17.0 Å². The number of alkyl halides is 2. The average molecular weight is 739 g/mol. The van der Waals surface area contributed by atoms with E-state index in [0.717, 1.165) is 23.5 Å². The molecule has 1 fully saturated rings. The molecular weight excluding hydrogens is 696 g/mol. The molecule has 36 heavy (non-hydrogen) atoms. The van der Waals surface area contributed by atoms with Gasteiger partial charge >= 0.3 is 28.3 Å². The van der Waals surface area contributed by atoms with Crippen LogP contribution in [0, 0.1) is 16.2 Å². The molecule has 218 valence electrons. The van der Waals surface area contributed by atoms with E-state index in [1.54, 1.807) is 13.8 Å². The molecule has 1 aliphatic rings. The van der Waals surface area contributed by atoms with E-state index < -0.39 is 27.2 Å². The molecule has 0 aromatic heterocycles. The lowest BCUT2D eigenvalue weighted by Crippen LogP contribution is -2.34. The van der Waals surface area contributed by atoms with Gasteiger partial charge in [0.2, 0.25) is 0 Å². The predicted molar refractivity (Wildman–Crippen MR) is 152 cm³/mol. The van der Waals surface area contributed by atoms with E-state index in [-0.39, 0.29) is 39.9 Å². The largest absolute Gasteiger partial charge is 0.481 e. The number of rotatable bonds is 6. The highest BCUT2D eigenvalue weighted by Crippen LogP contribution is 2.27.